The third-order valence-electron chi connectivity index (χ3n) is 4.97. The average molecular weight is 340 g/mol. The van der Waals surface area contributed by atoms with Gasteiger partial charge >= 0.3 is 0 Å². The Hall–Kier alpha value is -0.630. The molecule has 7 heteroatoms. The molecular weight excluding hydrogens is 312 g/mol. The van der Waals surface area contributed by atoms with E-state index in [2.05, 4.69) is 20.1 Å². The van der Waals surface area contributed by atoms with Crippen LogP contribution in [0.25, 0.3) is 0 Å². The second-order valence-corrected chi connectivity index (χ2v) is 8.20. The van der Waals surface area contributed by atoms with Gasteiger partial charge in [-0.3, -0.25) is 9.69 Å². The molecule has 3 aliphatic rings. The van der Waals surface area contributed by atoms with E-state index in [4.69, 9.17) is 0 Å². The molecule has 3 heterocycles. The van der Waals surface area contributed by atoms with Crippen LogP contribution in [-0.2, 0) is 4.79 Å². The molecule has 3 rings (SSSR count). The standard InChI is InChI=1S/C16H28N4O2S/c21-12-16(11-19-7-3-1-4-8-19)14(22)18-15(23-16)17-13-20-9-5-2-6-10-20/h21H,1-13H2,(H,17,18,22)/t16-/m1/s1. The molecule has 0 bridgehead atoms. The molecule has 0 spiro atoms. The molecule has 0 aromatic heterocycles. The zero-order chi connectivity index (χ0) is 16.1. The molecule has 0 aromatic rings. The average Bonchev–Trinajstić information content (AvgIpc) is 2.91. The Kier molecular flexibility index (Phi) is 5.96. The van der Waals surface area contributed by atoms with Crippen LogP contribution >= 0.6 is 11.8 Å². The van der Waals surface area contributed by atoms with Crippen LogP contribution in [0.15, 0.2) is 4.99 Å². The molecule has 6 nitrogen and oxygen atoms in total. The monoisotopic (exact) mass is 340 g/mol. The van der Waals surface area contributed by atoms with Crippen LogP contribution in [-0.4, -0.2) is 76.7 Å². The zero-order valence-electron chi connectivity index (χ0n) is 13.8. The number of aliphatic hydroxyl groups excluding tert-OH is 1. The van der Waals surface area contributed by atoms with Crippen LogP contribution in [0.2, 0.25) is 0 Å². The number of likely N-dealkylation sites (tertiary alicyclic amines) is 2. The Balaban J connectivity index is 1.59. The van der Waals surface area contributed by atoms with Crippen molar-refractivity contribution in [2.45, 2.75) is 43.3 Å². The van der Waals surface area contributed by atoms with E-state index in [9.17, 15) is 9.90 Å². The van der Waals surface area contributed by atoms with Gasteiger partial charge in [-0.25, -0.2) is 4.99 Å². The minimum Gasteiger partial charge on any atom is -0.394 e. The molecule has 1 amide bonds. The summed E-state index contributed by atoms with van der Waals surface area (Å²) in [7, 11) is 0. The maximum Gasteiger partial charge on any atom is 0.246 e. The third kappa shape index (κ3) is 4.26. The number of nitrogens with one attached hydrogen (secondary N) is 1. The quantitative estimate of drug-likeness (QED) is 0.777. The molecule has 0 aliphatic carbocycles. The van der Waals surface area contributed by atoms with Gasteiger partial charge in [-0.1, -0.05) is 24.6 Å². The molecule has 3 fully saturated rings. The fourth-order valence-corrected chi connectivity index (χ4v) is 4.63. The van der Waals surface area contributed by atoms with Crippen LogP contribution in [0, 0.1) is 0 Å². The SMILES string of the molecule is O=C1NC(=NCN2CCCCC2)S[C@@]1(CO)CN1CCCCC1. The summed E-state index contributed by atoms with van der Waals surface area (Å²) in [5, 5.41) is 13.4. The molecule has 0 unspecified atom stereocenters. The van der Waals surface area contributed by atoms with E-state index < -0.39 is 4.75 Å². The fraction of sp³-hybridized carbons (Fsp3) is 0.875. The molecule has 2 N–H and O–H groups in total. The van der Waals surface area contributed by atoms with E-state index >= 15 is 0 Å². The van der Waals surface area contributed by atoms with Gasteiger partial charge in [-0.15, -0.1) is 0 Å². The first-order valence-corrected chi connectivity index (χ1v) is 9.64. The molecule has 130 valence electrons. The van der Waals surface area contributed by atoms with Gasteiger partial charge in [0.05, 0.1) is 13.3 Å². The first kappa shape index (κ1) is 17.2. The van der Waals surface area contributed by atoms with Crippen molar-refractivity contribution in [3.8, 4) is 0 Å². The summed E-state index contributed by atoms with van der Waals surface area (Å²) in [6.07, 6.45) is 7.42. The number of rotatable bonds is 5. The van der Waals surface area contributed by atoms with Gasteiger partial charge in [-0.2, -0.15) is 0 Å². The summed E-state index contributed by atoms with van der Waals surface area (Å²) in [6, 6.07) is 0. The molecule has 3 saturated heterocycles. The Morgan fingerprint density at radius 3 is 2.26 bits per heavy atom. The summed E-state index contributed by atoms with van der Waals surface area (Å²) in [5.41, 5.74) is 0. The van der Waals surface area contributed by atoms with E-state index in [1.165, 1.54) is 50.3 Å². The molecular formula is C16H28N4O2S. The molecule has 0 aromatic carbocycles. The smallest absolute Gasteiger partial charge is 0.246 e. The number of hydrogen-bond donors (Lipinski definition) is 2. The number of nitrogens with zero attached hydrogens (tertiary/aromatic N) is 3. The highest BCUT2D eigenvalue weighted by Gasteiger charge is 2.47. The number of hydrogen-bond acceptors (Lipinski definition) is 6. The zero-order valence-corrected chi connectivity index (χ0v) is 14.6. The van der Waals surface area contributed by atoms with E-state index in [1.54, 1.807) is 0 Å². The van der Waals surface area contributed by atoms with Gasteiger partial charge in [-0.05, 0) is 51.9 Å². The molecule has 0 saturated carbocycles. The van der Waals surface area contributed by atoms with Gasteiger partial charge < -0.3 is 15.3 Å². The van der Waals surface area contributed by atoms with Crippen LogP contribution in [0.5, 0.6) is 0 Å². The lowest BCUT2D eigenvalue weighted by Crippen LogP contribution is -2.50. The van der Waals surface area contributed by atoms with Crippen molar-refractivity contribution in [1.82, 2.24) is 15.1 Å². The first-order chi connectivity index (χ1) is 11.2. The fourth-order valence-electron chi connectivity index (χ4n) is 3.54. The van der Waals surface area contributed by atoms with E-state index in [1.807, 2.05) is 0 Å². The predicted octanol–water partition coefficient (Wildman–Crippen LogP) is 0.866. The van der Waals surface area contributed by atoms with Gasteiger partial charge in [0.2, 0.25) is 5.91 Å². The lowest BCUT2D eigenvalue weighted by atomic mass is 10.1. The first-order valence-electron chi connectivity index (χ1n) is 8.82. The van der Waals surface area contributed by atoms with Gasteiger partial charge in [0.1, 0.15) is 4.75 Å². The van der Waals surface area contributed by atoms with Gasteiger partial charge in [0.25, 0.3) is 0 Å². The normalized spacial score (nSPS) is 32.4. The molecule has 23 heavy (non-hydrogen) atoms. The maximum atomic E-state index is 12.4. The molecule has 3 aliphatic heterocycles. The second-order valence-electron chi connectivity index (χ2n) is 6.83. The number of thioether (sulfide) groups is 1. The van der Waals surface area contributed by atoms with Crippen molar-refractivity contribution in [2.24, 2.45) is 4.99 Å². The van der Waals surface area contributed by atoms with Crippen molar-refractivity contribution in [3.63, 3.8) is 0 Å². The summed E-state index contributed by atoms with van der Waals surface area (Å²) in [4.78, 5) is 21.7. The van der Waals surface area contributed by atoms with E-state index in [0.717, 1.165) is 26.2 Å². The highest BCUT2D eigenvalue weighted by Crippen LogP contribution is 2.33. The summed E-state index contributed by atoms with van der Waals surface area (Å²) >= 11 is 1.42. The topological polar surface area (TPSA) is 68.2 Å². The van der Waals surface area contributed by atoms with E-state index in [0.29, 0.717) is 18.4 Å². The highest BCUT2D eigenvalue weighted by molar-refractivity contribution is 8.16. The number of carbonyl (C=O) groups excluding carboxylic acids is 1. The Morgan fingerprint density at radius 1 is 1.04 bits per heavy atom. The lowest BCUT2D eigenvalue weighted by molar-refractivity contribution is -0.123. The summed E-state index contributed by atoms with van der Waals surface area (Å²) in [5.74, 6) is -0.0898. The predicted molar refractivity (Wildman–Crippen MR) is 93.6 cm³/mol. The number of aliphatic hydroxyl groups is 1. The van der Waals surface area contributed by atoms with Crippen LogP contribution in [0.1, 0.15) is 38.5 Å². The highest BCUT2D eigenvalue weighted by atomic mass is 32.2. The lowest BCUT2D eigenvalue weighted by Gasteiger charge is -2.33. The Morgan fingerprint density at radius 2 is 1.65 bits per heavy atom. The van der Waals surface area contributed by atoms with Crippen LogP contribution in [0.3, 0.4) is 0 Å². The maximum absolute atomic E-state index is 12.4. The second kappa shape index (κ2) is 7.96. The minimum atomic E-state index is -0.780. The number of piperidine rings is 2. The van der Waals surface area contributed by atoms with Crippen LogP contribution < -0.4 is 5.32 Å². The van der Waals surface area contributed by atoms with Crippen molar-refractivity contribution in [3.05, 3.63) is 0 Å². The van der Waals surface area contributed by atoms with Crippen molar-refractivity contribution in [2.75, 3.05) is 46.0 Å². The Labute approximate surface area is 142 Å². The summed E-state index contributed by atoms with van der Waals surface area (Å²) < 4.78 is -0.780. The minimum absolute atomic E-state index is 0.0898. The van der Waals surface area contributed by atoms with Gasteiger partial charge in [0, 0.05) is 6.54 Å². The number of carbonyl (C=O) groups is 1. The van der Waals surface area contributed by atoms with Crippen LogP contribution in [0.4, 0.5) is 0 Å². The van der Waals surface area contributed by atoms with Crippen molar-refractivity contribution < 1.29 is 9.90 Å². The molecule has 0 radical (unpaired) electrons. The third-order valence-corrected chi connectivity index (χ3v) is 6.23. The van der Waals surface area contributed by atoms with Crippen molar-refractivity contribution >= 4 is 22.8 Å². The number of amidine groups is 1. The number of aliphatic imine (C=N–C) groups is 1. The Bertz CT molecular complexity index is 447. The van der Waals surface area contributed by atoms with E-state index in [-0.39, 0.29) is 12.5 Å². The van der Waals surface area contributed by atoms with Crippen molar-refractivity contribution in [1.29, 1.82) is 0 Å². The summed E-state index contributed by atoms with van der Waals surface area (Å²) in [6.45, 7) is 5.35. The van der Waals surface area contributed by atoms with Gasteiger partial charge in [0.15, 0.2) is 5.17 Å². The molecule has 1 atom stereocenters. The largest absolute Gasteiger partial charge is 0.394 e. The number of amides is 1.